The van der Waals surface area contributed by atoms with Gasteiger partial charge in [0.25, 0.3) is 0 Å². The van der Waals surface area contributed by atoms with Gasteiger partial charge in [-0.15, -0.1) is 0 Å². The minimum atomic E-state index is -0.779. The molecule has 0 unspecified atom stereocenters. The van der Waals surface area contributed by atoms with E-state index in [1.54, 1.807) is 30.3 Å². The van der Waals surface area contributed by atoms with Crippen molar-refractivity contribution in [3.05, 3.63) is 56.5 Å². The van der Waals surface area contributed by atoms with E-state index in [1.807, 2.05) is 0 Å². The van der Waals surface area contributed by atoms with E-state index in [0.29, 0.717) is 32.1 Å². The normalized spacial score (nSPS) is 10.7. The number of hydrogen-bond acceptors (Lipinski definition) is 4. The Kier molecular flexibility index (Phi) is 6.75. The molecule has 2 amide bonds. The summed E-state index contributed by atoms with van der Waals surface area (Å²) in [6.45, 7) is 0.208. The van der Waals surface area contributed by atoms with Crippen LogP contribution in [0.15, 0.2) is 35.4 Å². The standard InChI is InChI=1S/C16H14Cl3N3O3/c1-24-14-4-10(7-21-22-16(20)23)13(19)6-15(14)25-8-9-2-3-11(17)5-12(9)18/h2-7H,8H2,1H3,(H3,20,22,23). The highest BCUT2D eigenvalue weighted by molar-refractivity contribution is 6.35. The van der Waals surface area contributed by atoms with Crippen molar-refractivity contribution in [1.29, 1.82) is 0 Å². The van der Waals surface area contributed by atoms with Crippen LogP contribution in [0.5, 0.6) is 11.5 Å². The quantitative estimate of drug-likeness (QED) is 0.560. The summed E-state index contributed by atoms with van der Waals surface area (Å²) in [6, 6.07) is 7.55. The molecule has 0 atom stereocenters. The highest BCUT2D eigenvalue weighted by atomic mass is 35.5. The van der Waals surface area contributed by atoms with Crippen molar-refractivity contribution < 1.29 is 14.3 Å². The number of benzene rings is 2. The Balaban J connectivity index is 2.19. The number of nitrogens with zero attached hydrogens (tertiary/aromatic N) is 1. The number of hydrazone groups is 1. The average Bonchev–Trinajstić information content (AvgIpc) is 2.55. The molecular formula is C16H14Cl3N3O3. The third-order valence-electron chi connectivity index (χ3n) is 3.06. The molecule has 0 saturated carbocycles. The number of carbonyl (C=O) groups is 1. The first-order valence-electron chi connectivity index (χ1n) is 6.93. The Labute approximate surface area is 159 Å². The first-order valence-corrected chi connectivity index (χ1v) is 8.07. The molecule has 0 radical (unpaired) electrons. The molecule has 0 aromatic heterocycles. The van der Waals surface area contributed by atoms with Crippen molar-refractivity contribution in [3.8, 4) is 11.5 Å². The Morgan fingerprint density at radius 3 is 2.60 bits per heavy atom. The summed E-state index contributed by atoms with van der Waals surface area (Å²) < 4.78 is 11.0. The molecule has 0 aliphatic rings. The summed E-state index contributed by atoms with van der Waals surface area (Å²) >= 11 is 18.2. The zero-order chi connectivity index (χ0) is 18.4. The van der Waals surface area contributed by atoms with Crippen molar-refractivity contribution in [1.82, 2.24) is 5.43 Å². The fourth-order valence-corrected chi connectivity index (χ4v) is 2.55. The second-order valence-corrected chi connectivity index (χ2v) is 6.03. The largest absolute Gasteiger partial charge is 0.493 e. The summed E-state index contributed by atoms with van der Waals surface area (Å²) in [4.78, 5) is 10.6. The van der Waals surface area contributed by atoms with Gasteiger partial charge in [0.15, 0.2) is 11.5 Å². The minimum absolute atomic E-state index is 0.208. The fraction of sp³-hybridized carbons (Fsp3) is 0.125. The van der Waals surface area contributed by atoms with Crippen molar-refractivity contribution in [3.63, 3.8) is 0 Å². The van der Waals surface area contributed by atoms with E-state index < -0.39 is 6.03 Å². The molecular weight excluding hydrogens is 389 g/mol. The van der Waals surface area contributed by atoms with Crippen LogP contribution < -0.4 is 20.6 Å². The number of carbonyl (C=O) groups excluding carboxylic acids is 1. The molecule has 2 rings (SSSR count). The van der Waals surface area contributed by atoms with Crippen LogP contribution in [0.1, 0.15) is 11.1 Å². The van der Waals surface area contributed by atoms with E-state index in [-0.39, 0.29) is 6.61 Å². The van der Waals surface area contributed by atoms with Gasteiger partial charge in [0.1, 0.15) is 6.61 Å². The first kappa shape index (κ1) is 19.2. The van der Waals surface area contributed by atoms with Crippen LogP contribution in [0.2, 0.25) is 15.1 Å². The second-order valence-electron chi connectivity index (χ2n) is 4.78. The molecule has 6 nitrogen and oxygen atoms in total. The number of halogens is 3. The van der Waals surface area contributed by atoms with Crippen molar-refractivity contribution in [2.24, 2.45) is 10.8 Å². The molecule has 0 fully saturated rings. The average molecular weight is 403 g/mol. The Bertz CT molecular complexity index is 813. The predicted octanol–water partition coefficient (Wildman–Crippen LogP) is 4.24. The molecule has 0 bridgehead atoms. The first-order chi connectivity index (χ1) is 11.9. The Morgan fingerprint density at radius 1 is 1.20 bits per heavy atom. The summed E-state index contributed by atoms with van der Waals surface area (Å²) in [6.07, 6.45) is 1.34. The number of urea groups is 1. The molecule has 2 aromatic carbocycles. The van der Waals surface area contributed by atoms with Crippen LogP contribution in [-0.4, -0.2) is 19.4 Å². The van der Waals surface area contributed by atoms with Crippen LogP contribution in [0, 0.1) is 0 Å². The molecule has 0 aliphatic carbocycles. The van der Waals surface area contributed by atoms with Crippen LogP contribution >= 0.6 is 34.8 Å². The molecule has 132 valence electrons. The van der Waals surface area contributed by atoms with E-state index >= 15 is 0 Å². The lowest BCUT2D eigenvalue weighted by Crippen LogP contribution is -2.24. The minimum Gasteiger partial charge on any atom is -0.493 e. The maximum atomic E-state index is 10.6. The number of ether oxygens (including phenoxy) is 2. The maximum Gasteiger partial charge on any atom is 0.332 e. The van der Waals surface area contributed by atoms with E-state index in [4.69, 9.17) is 50.0 Å². The lowest BCUT2D eigenvalue weighted by Gasteiger charge is -2.13. The van der Waals surface area contributed by atoms with Gasteiger partial charge in [0, 0.05) is 27.2 Å². The number of nitrogens with two attached hydrogens (primary N) is 1. The highest BCUT2D eigenvalue weighted by Crippen LogP contribution is 2.34. The molecule has 0 heterocycles. The zero-order valence-corrected chi connectivity index (χ0v) is 15.3. The van der Waals surface area contributed by atoms with E-state index in [0.717, 1.165) is 5.56 Å². The maximum absolute atomic E-state index is 10.6. The third-order valence-corrected chi connectivity index (χ3v) is 3.97. The fourth-order valence-electron chi connectivity index (χ4n) is 1.88. The van der Waals surface area contributed by atoms with Crippen LogP contribution in [0.25, 0.3) is 0 Å². The zero-order valence-electron chi connectivity index (χ0n) is 13.1. The lowest BCUT2D eigenvalue weighted by molar-refractivity contribution is 0.249. The number of hydrogen-bond donors (Lipinski definition) is 2. The van der Waals surface area contributed by atoms with Crippen molar-refractivity contribution in [2.45, 2.75) is 6.61 Å². The van der Waals surface area contributed by atoms with Gasteiger partial charge in [-0.3, -0.25) is 0 Å². The van der Waals surface area contributed by atoms with Crippen LogP contribution in [0.4, 0.5) is 4.79 Å². The van der Waals surface area contributed by atoms with Gasteiger partial charge in [-0.1, -0.05) is 40.9 Å². The topological polar surface area (TPSA) is 85.9 Å². The summed E-state index contributed by atoms with van der Waals surface area (Å²) in [7, 11) is 1.49. The third kappa shape index (κ3) is 5.42. The molecule has 0 aliphatic heterocycles. The molecule has 25 heavy (non-hydrogen) atoms. The molecule has 0 spiro atoms. The van der Waals surface area contributed by atoms with Gasteiger partial charge >= 0.3 is 6.03 Å². The number of amides is 2. The summed E-state index contributed by atoms with van der Waals surface area (Å²) in [5, 5.41) is 5.06. The summed E-state index contributed by atoms with van der Waals surface area (Å²) in [5.41, 5.74) is 8.30. The van der Waals surface area contributed by atoms with E-state index in [9.17, 15) is 4.79 Å². The van der Waals surface area contributed by atoms with Crippen LogP contribution in [0.3, 0.4) is 0 Å². The van der Waals surface area contributed by atoms with E-state index in [1.165, 1.54) is 13.3 Å². The number of rotatable bonds is 6. The number of methoxy groups -OCH3 is 1. The number of nitrogens with one attached hydrogen (secondary N) is 1. The molecule has 2 aromatic rings. The Morgan fingerprint density at radius 2 is 1.96 bits per heavy atom. The molecule has 0 saturated heterocycles. The van der Waals surface area contributed by atoms with Crippen molar-refractivity contribution >= 4 is 47.0 Å². The predicted molar refractivity (Wildman–Crippen MR) is 99.1 cm³/mol. The second kappa shape index (κ2) is 8.80. The van der Waals surface area contributed by atoms with Gasteiger partial charge in [-0.2, -0.15) is 5.10 Å². The highest BCUT2D eigenvalue weighted by Gasteiger charge is 2.11. The monoisotopic (exact) mass is 401 g/mol. The smallest absolute Gasteiger partial charge is 0.332 e. The Hall–Kier alpha value is -2.15. The van der Waals surface area contributed by atoms with Gasteiger partial charge in [0.05, 0.1) is 18.3 Å². The van der Waals surface area contributed by atoms with Crippen molar-refractivity contribution in [2.75, 3.05) is 7.11 Å². The summed E-state index contributed by atoms with van der Waals surface area (Å²) in [5.74, 6) is 0.869. The number of primary amides is 1. The van der Waals surface area contributed by atoms with Crippen LogP contribution in [-0.2, 0) is 6.61 Å². The molecule has 9 heteroatoms. The van der Waals surface area contributed by atoms with Gasteiger partial charge in [-0.25, -0.2) is 10.2 Å². The van der Waals surface area contributed by atoms with Gasteiger partial charge in [-0.05, 0) is 18.2 Å². The molecule has 3 N–H and O–H groups in total. The van der Waals surface area contributed by atoms with Gasteiger partial charge in [0.2, 0.25) is 0 Å². The van der Waals surface area contributed by atoms with Gasteiger partial charge < -0.3 is 15.2 Å². The van der Waals surface area contributed by atoms with E-state index in [2.05, 4.69) is 10.5 Å². The SMILES string of the molecule is COc1cc(C=NNC(N)=O)c(Cl)cc1OCc1ccc(Cl)cc1Cl. The lowest BCUT2D eigenvalue weighted by atomic mass is 10.2.